The Morgan fingerprint density at radius 2 is 1.24 bits per heavy atom. The molecule has 0 nitrogen and oxygen atoms in total. The molecule has 0 aliphatic rings. The fourth-order valence-corrected chi connectivity index (χ4v) is 4.29. The third kappa shape index (κ3) is 2.07. The van der Waals surface area contributed by atoms with Gasteiger partial charge in [0.1, 0.15) is 0 Å². The van der Waals surface area contributed by atoms with Gasteiger partial charge in [-0.1, -0.05) is 54.1 Å². The highest BCUT2D eigenvalue weighted by atomic mass is 14.1. The average Bonchev–Trinajstić information content (AvgIpc) is 2.61. The summed E-state index contributed by atoms with van der Waals surface area (Å²) < 4.78 is 0. The van der Waals surface area contributed by atoms with Crippen LogP contribution >= 0.6 is 0 Å². The first-order valence-electron chi connectivity index (χ1n) is 8.87. The highest BCUT2D eigenvalue weighted by Gasteiger charge is 2.10. The molecule has 0 heteroatoms. The summed E-state index contributed by atoms with van der Waals surface area (Å²) in [6, 6.07) is 24.8. The molecule has 5 aromatic carbocycles. The largest absolute Gasteiger partial charge is 0.0616 e. The lowest BCUT2D eigenvalue weighted by Gasteiger charge is -2.13. The number of hydrogen-bond donors (Lipinski definition) is 0. The minimum atomic E-state index is 1.30. The Kier molecular flexibility index (Phi) is 2.93. The lowest BCUT2D eigenvalue weighted by Crippen LogP contribution is -1.89. The quantitative estimate of drug-likeness (QED) is 0.209. The smallest absolute Gasteiger partial charge is 0.00960 e. The van der Waals surface area contributed by atoms with Crippen LogP contribution < -0.4 is 0 Å². The molecule has 0 N–H and O–H groups in total. The molecule has 5 aromatic rings. The van der Waals surface area contributed by atoms with Gasteiger partial charge < -0.3 is 0 Å². The maximum Gasteiger partial charge on any atom is -0.00960 e. The zero-order valence-corrected chi connectivity index (χ0v) is 14.9. The van der Waals surface area contributed by atoms with Gasteiger partial charge in [0.15, 0.2) is 0 Å². The maximum atomic E-state index is 2.39. The van der Waals surface area contributed by atoms with Gasteiger partial charge in [-0.2, -0.15) is 0 Å². The number of hydrogen-bond acceptors (Lipinski definition) is 0. The molecule has 0 saturated carbocycles. The lowest BCUT2D eigenvalue weighted by molar-refractivity contribution is 1.42. The molecule has 120 valence electrons. The molecule has 0 aliphatic carbocycles. The predicted octanol–water partition coefficient (Wildman–Crippen LogP) is 7.22. The molecule has 0 aromatic heterocycles. The first-order chi connectivity index (χ1) is 12.1. The second kappa shape index (κ2) is 5.07. The standard InChI is InChI=1S/C25H20/c1-15-10-16(2)22-14-25-21(17(3)23(22)11-15)9-8-20-12-18-6-4-5-7-19(18)13-24(20)25/h4-14H,1-3H3. The molecule has 0 atom stereocenters. The van der Waals surface area contributed by atoms with Crippen molar-refractivity contribution >= 4 is 43.1 Å². The van der Waals surface area contributed by atoms with E-state index < -0.39 is 0 Å². The fraction of sp³-hybridized carbons (Fsp3) is 0.120. The summed E-state index contributed by atoms with van der Waals surface area (Å²) in [5.74, 6) is 0. The second-order valence-electron chi connectivity index (χ2n) is 7.26. The van der Waals surface area contributed by atoms with Gasteiger partial charge in [-0.05, 0) is 93.2 Å². The van der Waals surface area contributed by atoms with Crippen molar-refractivity contribution in [3.63, 3.8) is 0 Å². The molecule has 0 radical (unpaired) electrons. The van der Waals surface area contributed by atoms with Crippen molar-refractivity contribution in [2.75, 3.05) is 0 Å². The van der Waals surface area contributed by atoms with Crippen LogP contribution in [0.3, 0.4) is 0 Å². The van der Waals surface area contributed by atoms with Gasteiger partial charge in [0.2, 0.25) is 0 Å². The van der Waals surface area contributed by atoms with Gasteiger partial charge in [-0.25, -0.2) is 0 Å². The van der Waals surface area contributed by atoms with Gasteiger partial charge >= 0.3 is 0 Å². The van der Waals surface area contributed by atoms with E-state index in [-0.39, 0.29) is 0 Å². The predicted molar refractivity (Wildman–Crippen MR) is 111 cm³/mol. The van der Waals surface area contributed by atoms with Gasteiger partial charge in [0.25, 0.3) is 0 Å². The van der Waals surface area contributed by atoms with Crippen molar-refractivity contribution in [3.05, 3.63) is 83.4 Å². The van der Waals surface area contributed by atoms with E-state index in [0.29, 0.717) is 0 Å². The molecule has 0 unspecified atom stereocenters. The zero-order chi connectivity index (χ0) is 17.1. The van der Waals surface area contributed by atoms with Crippen LogP contribution in [-0.4, -0.2) is 0 Å². The SMILES string of the molecule is Cc1cc(C)c2cc3c(ccc4cc5ccccc5cc43)c(C)c2c1. The van der Waals surface area contributed by atoms with E-state index in [9.17, 15) is 0 Å². The summed E-state index contributed by atoms with van der Waals surface area (Å²) >= 11 is 0. The fourth-order valence-electron chi connectivity index (χ4n) is 4.29. The van der Waals surface area contributed by atoms with Crippen LogP contribution in [0.15, 0.2) is 66.7 Å². The van der Waals surface area contributed by atoms with Crippen LogP contribution in [0.4, 0.5) is 0 Å². The number of aryl methyl sites for hydroxylation is 3. The highest BCUT2D eigenvalue weighted by Crippen LogP contribution is 2.36. The Bertz CT molecular complexity index is 1310. The van der Waals surface area contributed by atoms with E-state index in [0.717, 1.165) is 0 Å². The molecule has 0 fully saturated rings. The Hall–Kier alpha value is -2.86. The molecule has 0 aliphatic heterocycles. The van der Waals surface area contributed by atoms with Gasteiger partial charge in [-0.15, -0.1) is 0 Å². The van der Waals surface area contributed by atoms with E-state index >= 15 is 0 Å². The third-order valence-electron chi connectivity index (χ3n) is 5.56. The van der Waals surface area contributed by atoms with Crippen molar-refractivity contribution in [2.24, 2.45) is 0 Å². The Labute approximate surface area is 147 Å². The van der Waals surface area contributed by atoms with Crippen molar-refractivity contribution in [1.29, 1.82) is 0 Å². The Morgan fingerprint density at radius 3 is 2.04 bits per heavy atom. The van der Waals surface area contributed by atoms with Crippen molar-refractivity contribution in [1.82, 2.24) is 0 Å². The summed E-state index contributed by atoms with van der Waals surface area (Å²) in [4.78, 5) is 0. The molecular formula is C25H20. The molecule has 5 rings (SSSR count). The molecule has 0 spiro atoms. The summed E-state index contributed by atoms with van der Waals surface area (Å²) in [6.07, 6.45) is 0. The van der Waals surface area contributed by atoms with Crippen LogP contribution in [0.1, 0.15) is 16.7 Å². The summed E-state index contributed by atoms with van der Waals surface area (Å²) in [7, 11) is 0. The van der Waals surface area contributed by atoms with Gasteiger partial charge in [0, 0.05) is 0 Å². The highest BCUT2D eigenvalue weighted by molar-refractivity contribution is 6.17. The number of fused-ring (bicyclic) bond motifs is 5. The molecule has 0 amide bonds. The molecule has 25 heavy (non-hydrogen) atoms. The van der Waals surface area contributed by atoms with Crippen LogP contribution in [0.25, 0.3) is 43.1 Å². The summed E-state index contributed by atoms with van der Waals surface area (Å²) in [5, 5.41) is 10.7. The van der Waals surface area contributed by atoms with Crippen LogP contribution in [0, 0.1) is 20.8 Å². The van der Waals surface area contributed by atoms with E-state index in [1.165, 1.54) is 59.8 Å². The topological polar surface area (TPSA) is 0 Å². The number of benzene rings is 5. The summed E-state index contributed by atoms with van der Waals surface area (Å²) in [6.45, 7) is 6.67. The number of rotatable bonds is 0. The van der Waals surface area contributed by atoms with E-state index in [1.807, 2.05) is 0 Å². The lowest BCUT2D eigenvalue weighted by atomic mass is 9.90. The third-order valence-corrected chi connectivity index (χ3v) is 5.56. The van der Waals surface area contributed by atoms with Crippen LogP contribution in [0.2, 0.25) is 0 Å². The van der Waals surface area contributed by atoms with Crippen molar-refractivity contribution in [3.8, 4) is 0 Å². The minimum Gasteiger partial charge on any atom is -0.0616 e. The normalized spacial score (nSPS) is 11.8. The summed E-state index contributed by atoms with van der Waals surface area (Å²) in [5.41, 5.74) is 4.08. The molecular weight excluding hydrogens is 300 g/mol. The second-order valence-corrected chi connectivity index (χ2v) is 7.26. The van der Waals surface area contributed by atoms with E-state index in [1.54, 1.807) is 0 Å². The average molecular weight is 320 g/mol. The van der Waals surface area contributed by atoms with E-state index in [4.69, 9.17) is 0 Å². The van der Waals surface area contributed by atoms with Crippen LogP contribution in [0.5, 0.6) is 0 Å². The maximum absolute atomic E-state index is 2.39. The monoisotopic (exact) mass is 320 g/mol. The van der Waals surface area contributed by atoms with Crippen molar-refractivity contribution in [2.45, 2.75) is 20.8 Å². The molecule has 0 saturated heterocycles. The first-order valence-corrected chi connectivity index (χ1v) is 8.87. The van der Waals surface area contributed by atoms with E-state index in [2.05, 4.69) is 87.5 Å². The molecule has 0 bridgehead atoms. The van der Waals surface area contributed by atoms with Gasteiger partial charge in [0.05, 0.1) is 0 Å². The Morgan fingerprint density at radius 1 is 0.480 bits per heavy atom. The van der Waals surface area contributed by atoms with Gasteiger partial charge in [-0.3, -0.25) is 0 Å². The Balaban J connectivity index is 2.02. The molecule has 0 heterocycles. The first kappa shape index (κ1) is 14.5. The van der Waals surface area contributed by atoms with Crippen molar-refractivity contribution < 1.29 is 0 Å². The zero-order valence-electron chi connectivity index (χ0n) is 14.9. The van der Waals surface area contributed by atoms with Crippen LogP contribution in [-0.2, 0) is 0 Å². The minimum absolute atomic E-state index is 1.30.